The second-order valence-electron chi connectivity index (χ2n) is 6.07. The van der Waals surface area contributed by atoms with Gasteiger partial charge in [0.1, 0.15) is 24.4 Å². The van der Waals surface area contributed by atoms with Gasteiger partial charge in [-0.3, -0.25) is 9.69 Å². The molecule has 7 nitrogen and oxygen atoms in total. The minimum absolute atomic E-state index is 0.225. The lowest BCUT2D eigenvalue weighted by Gasteiger charge is -2.47. The predicted octanol–water partition coefficient (Wildman–Crippen LogP) is -1.04. The zero-order valence-corrected chi connectivity index (χ0v) is 14.2. The highest BCUT2D eigenvalue weighted by Crippen LogP contribution is 2.25. The molecule has 2 rings (SSSR count). The van der Waals surface area contributed by atoms with Crippen molar-refractivity contribution in [3.05, 3.63) is 42.0 Å². The smallest absolute Gasteiger partial charge is 0.240 e. The van der Waals surface area contributed by atoms with E-state index in [1.165, 1.54) is 4.90 Å². The molecule has 1 aromatic carbocycles. The topological polar surface area (TPSA) is 113 Å². The zero-order valence-electron chi connectivity index (χ0n) is 14.2. The van der Waals surface area contributed by atoms with Gasteiger partial charge in [0.05, 0.1) is 12.6 Å². The quantitative estimate of drug-likeness (QED) is 0.448. The summed E-state index contributed by atoms with van der Waals surface area (Å²) in [4.78, 5) is 13.9. The van der Waals surface area contributed by atoms with Gasteiger partial charge in [-0.15, -0.1) is 0 Å². The van der Waals surface area contributed by atoms with Crippen molar-refractivity contribution in [3.63, 3.8) is 0 Å². The SMILES string of the molecule is CCNC(=O)[C@@H]1[C@@H](O)[C@@H](O)[C@H](O)[C@@H](CO)N1CC=Cc1ccccc1. The number of carbonyl (C=O) groups is 1. The van der Waals surface area contributed by atoms with E-state index in [1.54, 1.807) is 13.0 Å². The van der Waals surface area contributed by atoms with Crippen molar-refractivity contribution in [2.24, 2.45) is 0 Å². The first kappa shape index (κ1) is 19.6. The third-order valence-corrected chi connectivity index (χ3v) is 4.43. The Morgan fingerprint density at radius 2 is 1.84 bits per heavy atom. The molecule has 0 aliphatic carbocycles. The van der Waals surface area contributed by atoms with Gasteiger partial charge >= 0.3 is 0 Å². The van der Waals surface area contributed by atoms with E-state index in [-0.39, 0.29) is 6.54 Å². The van der Waals surface area contributed by atoms with E-state index in [0.29, 0.717) is 6.54 Å². The van der Waals surface area contributed by atoms with Gasteiger partial charge in [0, 0.05) is 13.1 Å². The van der Waals surface area contributed by atoms with Crippen molar-refractivity contribution in [1.29, 1.82) is 0 Å². The van der Waals surface area contributed by atoms with Crippen molar-refractivity contribution in [1.82, 2.24) is 10.2 Å². The van der Waals surface area contributed by atoms with Gasteiger partial charge in [0.15, 0.2) is 0 Å². The lowest BCUT2D eigenvalue weighted by Crippen LogP contribution is -2.70. The number of rotatable bonds is 6. The molecule has 1 saturated heterocycles. The van der Waals surface area contributed by atoms with Crippen LogP contribution in [0, 0.1) is 0 Å². The largest absolute Gasteiger partial charge is 0.395 e. The van der Waals surface area contributed by atoms with Crippen LogP contribution in [-0.2, 0) is 4.79 Å². The second-order valence-corrected chi connectivity index (χ2v) is 6.07. The maximum absolute atomic E-state index is 12.4. The van der Waals surface area contributed by atoms with Crippen LogP contribution in [-0.4, -0.2) is 81.3 Å². The molecule has 0 bridgehead atoms. The second kappa shape index (κ2) is 9.07. The molecular weight excluding hydrogens is 324 g/mol. The number of likely N-dealkylation sites (N-methyl/N-ethyl adjacent to an activating group) is 1. The lowest BCUT2D eigenvalue weighted by molar-refractivity contribution is -0.176. The van der Waals surface area contributed by atoms with Gasteiger partial charge in [-0.1, -0.05) is 42.5 Å². The van der Waals surface area contributed by atoms with Gasteiger partial charge in [0.2, 0.25) is 5.91 Å². The average molecular weight is 350 g/mol. The van der Waals surface area contributed by atoms with Crippen LogP contribution in [0.1, 0.15) is 12.5 Å². The van der Waals surface area contributed by atoms with E-state index in [4.69, 9.17) is 0 Å². The Bertz CT molecular complexity index is 580. The number of amides is 1. The molecule has 1 amide bonds. The molecule has 0 spiro atoms. The molecule has 1 aliphatic rings. The molecule has 7 heteroatoms. The number of piperidine rings is 1. The van der Waals surface area contributed by atoms with Crippen molar-refractivity contribution in [2.75, 3.05) is 19.7 Å². The Labute approximate surface area is 147 Å². The highest BCUT2D eigenvalue weighted by atomic mass is 16.4. The van der Waals surface area contributed by atoms with Crippen LogP contribution in [0.5, 0.6) is 0 Å². The number of likely N-dealkylation sites (tertiary alicyclic amines) is 1. The minimum Gasteiger partial charge on any atom is -0.395 e. The number of aliphatic hydroxyl groups excluding tert-OH is 4. The van der Waals surface area contributed by atoms with Crippen LogP contribution >= 0.6 is 0 Å². The number of nitrogens with zero attached hydrogens (tertiary/aromatic N) is 1. The van der Waals surface area contributed by atoms with Crippen molar-refractivity contribution in [3.8, 4) is 0 Å². The first-order valence-electron chi connectivity index (χ1n) is 8.41. The molecule has 1 aromatic rings. The van der Waals surface area contributed by atoms with E-state index in [2.05, 4.69) is 5.32 Å². The standard InChI is InChI=1S/C18H26N2O5/c1-2-19-18(25)14-16(23)17(24)15(22)13(11-21)20(14)10-6-9-12-7-4-3-5-8-12/h3-9,13-17,21-24H,2,10-11H2,1H3,(H,19,25)/t13-,14+,15-,16-,17+/m1/s1. The Morgan fingerprint density at radius 3 is 2.44 bits per heavy atom. The van der Waals surface area contributed by atoms with Crippen LogP contribution in [0.2, 0.25) is 0 Å². The first-order chi connectivity index (χ1) is 12.0. The van der Waals surface area contributed by atoms with E-state index in [0.717, 1.165) is 5.56 Å². The number of aliphatic hydroxyl groups is 4. The molecule has 0 unspecified atom stereocenters. The van der Waals surface area contributed by atoms with Gasteiger partial charge in [-0.05, 0) is 12.5 Å². The number of hydrogen-bond donors (Lipinski definition) is 5. The van der Waals surface area contributed by atoms with Crippen molar-refractivity contribution < 1.29 is 25.2 Å². The normalized spacial score (nSPS) is 30.5. The van der Waals surface area contributed by atoms with E-state index < -0.39 is 42.9 Å². The molecule has 25 heavy (non-hydrogen) atoms. The van der Waals surface area contributed by atoms with Gasteiger partial charge in [0.25, 0.3) is 0 Å². The number of carbonyl (C=O) groups excluding carboxylic acids is 1. The third kappa shape index (κ3) is 4.45. The fourth-order valence-corrected chi connectivity index (χ4v) is 3.14. The highest BCUT2D eigenvalue weighted by Gasteiger charge is 2.49. The van der Waals surface area contributed by atoms with Gasteiger partial charge < -0.3 is 25.7 Å². The summed E-state index contributed by atoms with van der Waals surface area (Å²) in [5.41, 5.74) is 0.968. The van der Waals surface area contributed by atoms with Crippen LogP contribution in [0.25, 0.3) is 6.08 Å². The van der Waals surface area contributed by atoms with Crippen LogP contribution in [0.15, 0.2) is 36.4 Å². The van der Waals surface area contributed by atoms with Crippen LogP contribution in [0.3, 0.4) is 0 Å². The van der Waals surface area contributed by atoms with E-state index in [9.17, 15) is 25.2 Å². The molecule has 0 saturated carbocycles. The Morgan fingerprint density at radius 1 is 1.16 bits per heavy atom. The zero-order chi connectivity index (χ0) is 18.4. The Balaban J connectivity index is 2.23. The van der Waals surface area contributed by atoms with E-state index >= 15 is 0 Å². The molecular formula is C18H26N2O5. The summed E-state index contributed by atoms with van der Waals surface area (Å²) in [7, 11) is 0. The number of benzene rings is 1. The molecule has 0 radical (unpaired) electrons. The summed E-state index contributed by atoms with van der Waals surface area (Å²) in [6.07, 6.45) is -0.654. The van der Waals surface area contributed by atoms with Crippen LogP contribution in [0.4, 0.5) is 0 Å². The number of hydrogen-bond acceptors (Lipinski definition) is 6. The Hall–Kier alpha value is -1.77. The minimum atomic E-state index is -1.50. The molecule has 5 N–H and O–H groups in total. The summed E-state index contributed by atoms with van der Waals surface area (Å²) < 4.78 is 0. The monoisotopic (exact) mass is 350 g/mol. The summed E-state index contributed by atoms with van der Waals surface area (Å²) in [5, 5.41) is 42.7. The Kier molecular flexibility index (Phi) is 7.10. The first-order valence-corrected chi connectivity index (χ1v) is 8.41. The predicted molar refractivity (Wildman–Crippen MR) is 93.5 cm³/mol. The summed E-state index contributed by atoms with van der Waals surface area (Å²) in [6, 6.07) is 7.64. The van der Waals surface area contributed by atoms with Crippen molar-refractivity contribution >= 4 is 12.0 Å². The molecule has 138 valence electrons. The molecule has 5 atom stereocenters. The highest BCUT2D eigenvalue weighted by molar-refractivity contribution is 5.82. The van der Waals surface area contributed by atoms with Gasteiger partial charge in [-0.2, -0.15) is 0 Å². The number of nitrogens with one attached hydrogen (secondary N) is 1. The molecule has 1 fully saturated rings. The average Bonchev–Trinajstić information content (AvgIpc) is 2.61. The molecule has 0 aromatic heterocycles. The van der Waals surface area contributed by atoms with Crippen LogP contribution < -0.4 is 5.32 Å². The van der Waals surface area contributed by atoms with Gasteiger partial charge in [-0.25, -0.2) is 0 Å². The third-order valence-electron chi connectivity index (χ3n) is 4.43. The summed E-state index contributed by atoms with van der Waals surface area (Å²) in [5.74, 6) is -0.451. The summed E-state index contributed by atoms with van der Waals surface area (Å²) in [6.45, 7) is 1.91. The maximum atomic E-state index is 12.4. The van der Waals surface area contributed by atoms with E-state index in [1.807, 2.05) is 36.4 Å². The molecule has 1 heterocycles. The fraction of sp³-hybridized carbons (Fsp3) is 0.500. The maximum Gasteiger partial charge on any atom is 0.240 e. The lowest BCUT2D eigenvalue weighted by atomic mass is 9.87. The molecule has 1 aliphatic heterocycles. The fourth-order valence-electron chi connectivity index (χ4n) is 3.14. The van der Waals surface area contributed by atoms with Crippen molar-refractivity contribution in [2.45, 2.75) is 37.3 Å². The summed E-state index contributed by atoms with van der Waals surface area (Å²) >= 11 is 0.